The van der Waals surface area contributed by atoms with Gasteiger partial charge >= 0.3 is 0 Å². The molecule has 4 heteroatoms. The van der Waals surface area contributed by atoms with Crippen LogP contribution in [0, 0.1) is 11.8 Å². The van der Waals surface area contributed by atoms with Crippen molar-refractivity contribution in [2.75, 3.05) is 33.8 Å². The molecule has 0 bridgehead atoms. The minimum Gasteiger partial charge on any atom is -0.387 e. The Labute approximate surface area is 72.6 Å². The fourth-order valence-electron chi connectivity index (χ4n) is 0.475. The van der Waals surface area contributed by atoms with Crippen LogP contribution in [-0.2, 0) is 4.79 Å². The molecule has 0 saturated heterocycles. The number of aliphatic hydroxyl groups is 1. The van der Waals surface area contributed by atoms with E-state index in [-0.39, 0.29) is 0 Å². The highest BCUT2D eigenvalue weighted by atomic mass is 16.3. The molecule has 0 fully saturated rings. The Morgan fingerprint density at radius 2 is 2.17 bits per heavy atom. The van der Waals surface area contributed by atoms with Crippen molar-refractivity contribution in [1.82, 2.24) is 10.2 Å². The summed E-state index contributed by atoms with van der Waals surface area (Å²) in [7, 11) is 3.84. The largest absolute Gasteiger partial charge is 0.387 e. The quantitative estimate of drug-likeness (QED) is 0.515. The Morgan fingerprint density at radius 3 is 2.67 bits per heavy atom. The fraction of sp³-hybridized carbons (Fsp3) is 0.625. The Bertz CT molecular complexity index is 191. The first-order chi connectivity index (χ1) is 5.66. The second-order valence-electron chi connectivity index (χ2n) is 2.53. The molecule has 0 radical (unpaired) electrons. The molecular weight excluding hydrogens is 156 g/mol. The van der Waals surface area contributed by atoms with Crippen LogP contribution in [0.15, 0.2) is 0 Å². The summed E-state index contributed by atoms with van der Waals surface area (Å²) in [4.78, 5) is 12.4. The van der Waals surface area contributed by atoms with Gasteiger partial charge in [-0.05, 0) is 14.1 Å². The maximum absolute atomic E-state index is 10.5. The third kappa shape index (κ3) is 7.06. The summed E-state index contributed by atoms with van der Waals surface area (Å²) >= 11 is 0. The molecule has 4 nitrogen and oxygen atoms in total. The molecule has 0 atom stereocenters. The molecule has 68 valence electrons. The molecule has 0 aromatic rings. The van der Waals surface area contributed by atoms with Gasteiger partial charge in [-0.2, -0.15) is 0 Å². The predicted molar refractivity (Wildman–Crippen MR) is 46.4 cm³/mol. The fourth-order valence-corrected chi connectivity index (χ4v) is 0.475. The van der Waals surface area contributed by atoms with E-state index < -0.39 is 12.5 Å². The summed E-state index contributed by atoms with van der Waals surface area (Å²) in [6, 6.07) is 0. The van der Waals surface area contributed by atoms with Crippen LogP contribution in [-0.4, -0.2) is 49.7 Å². The number of rotatable bonds is 3. The van der Waals surface area contributed by atoms with Crippen molar-refractivity contribution < 1.29 is 9.90 Å². The molecule has 1 amide bonds. The highest BCUT2D eigenvalue weighted by molar-refractivity contribution is 5.77. The molecule has 0 saturated carbocycles. The van der Waals surface area contributed by atoms with E-state index in [1.165, 1.54) is 0 Å². The highest BCUT2D eigenvalue weighted by Gasteiger charge is 1.92. The van der Waals surface area contributed by atoms with E-state index in [4.69, 9.17) is 5.11 Å². The second kappa shape index (κ2) is 6.65. The van der Waals surface area contributed by atoms with Gasteiger partial charge in [0.1, 0.15) is 6.61 Å². The maximum atomic E-state index is 10.5. The molecule has 0 aliphatic carbocycles. The number of aliphatic hydroxyl groups excluding tert-OH is 1. The lowest BCUT2D eigenvalue weighted by Gasteiger charge is -2.01. The van der Waals surface area contributed by atoms with Crippen LogP contribution >= 0.6 is 0 Å². The van der Waals surface area contributed by atoms with Crippen molar-refractivity contribution in [3.05, 3.63) is 0 Å². The van der Waals surface area contributed by atoms with E-state index >= 15 is 0 Å². The van der Waals surface area contributed by atoms with E-state index in [2.05, 4.69) is 17.2 Å². The SMILES string of the molecule is CN(C)CC#CCNC(=O)CO. The number of carbonyl (C=O) groups excluding carboxylic acids is 1. The number of nitrogens with zero attached hydrogens (tertiary/aromatic N) is 1. The van der Waals surface area contributed by atoms with Crippen LogP contribution in [0.1, 0.15) is 0 Å². The smallest absolute Gasteiger partial charge is 0.246 e. The minimum atomic E-state index is -0.477. The van der Waals surface area contributed by atoms with Crippen molar-refractivity contribution in [2.24, 2.45) is 0 Å². The molecular formula is C8H14N2O2. The van der Waals surface area contributed by atoms with Gasteiger partial charge in [-0.1, -0.05) is 11.8 Å². The minimum absolute atomic E-state index is 0.299. The van der Waals surface area contributed by atoms with Crippen LogP contribution in [0.25, 0.3) is 0 Å². The topological polar surface area (TPSA) is 52.6 Å². The summed E-state index contributed by atoms with van der Waals surface area (Å²) in [5.41, 5.74) is 0. The van der Waals surface area contributed by atoms with Crippen LogP contribution in [0.2, 0.25) is 0 Å². The highest BCUT2D eigenvalue weighted by Crippen LogP contribution is 1.68. The van der Waals surface area contributed by atoms with Crippen LogP contribution in [0.5, 0.6) is 0 Å². The molecule has 2 N–H and O–H groups in total. The average Bonchev–Trinajstić information content (AvgIpc) is 2.03. The third-order valence-electron chi connectivity index (χ3n) is 1.04. The molecule has 0 aliphatic rings. The average molecular weight is 170 g/mol. The van der Waals surface area contributed by atoms with Gasteiger partial charge < -0.3 is 10.4 Å². The van der Waals surface area contributed by atoms with E-state index in [0.29, 0.717) is 13.1 Å². The summed E-state index contributed by atoms with van der Waals surface area (Å²) < 4.78 is 0. The first-order valence-electron chi connectivity index (χ1n) is 3.65. The summed E-state index contributed by atoms with van der Waals surface area (Å²) in [6.07, 6.45) is 0. The van der Waals surface area contributed by atoms with Crippen molar-refractivity contribution in [2.45, 2.75) is 0 Å². The van der Waals surface area contributed by atoms with Crippen LogP contribution in [0.3, 0.4) is 0 Å². The third-order valence-corrected chi connectivity index (χ3v) is 1.04. The number of carbonyl (C=O) groups is 1. The normalized spacial score (nSPS) is 9.00. The van der Waals surface area contributed by atoms with E-state index in [1.54, 1.807) is 0 Å². The zero-order chi connectivity index (χ0) is 9.40. The first-order valence-corrected chi connectivity index (χ1v) is 3.65. The van der Waals surface area contributed by atoms with Gasteiger partial charge in [-0.15, -0.1) is 0 Å². The molecule has 0 aromatic heterocycles. The predicted octanol–water partition coefficient (Wildman–Crippen LogP) is -1.34. The number of amides is 1. The summed E-state index contributed by atoms with van der Waals surface area (Å²) in [5, 5.41) is 10.7. The van der Waals surface area contributed by atoms with E-state index in [0.717, 1.165) is 0 Å². The standard InChI is InChI=1S/C8H14N2O2/c1-10(2)6-4-3-5-9-8(12)7-11/h11H,5-7H2,1-2H3,(H,9,12). The maximum Gasteiger partial charge on any atom is 0.246 e. The van der Waals surface area contributed by atoms with E-state index in [9.17, 15) is 4.79 Å². The number of hydrogen-bond acceptors (Lipinski definition) is 3. The summed E-state index contributed by atoms with van der Waals surface area (Å²) in [5.74, 6) is 5.20. The van der Waals surface area contributed by atoms with Crippen LogP contribution < -0.4 is 5.32 Å². The van der Waals surface area contributed by atoms with Gasteiger partial charge in [-0.3, -0.25) is 9.69 Å². The lowest BCUT2D eigenvalue weighted by Crippen LogP contribution is -2.26. The molecule has 0 spiro atoms. The monoisotopic (exact) mass is 170 g/mol. The van der Waals surface area contributed by atoms with E-state index in [1.807, 2.05) is 19.0 Å². The van der Waals surface area contributed by atoms with Crippen molar-refractivity contribution in [3.63, 3.8) is 0 Å². The molecule has 0 unspecified atom stereocenters. The Balaban J connectivity index is 3.39. The van der Waals surface area contributed by atoms with Gasteiger partial charge in [0, 0.05) is 0 Å². The van der Waals surface area contributed by atoms with Crippen molar-refractivity contribution in [3.8, 4) is 11.8 Å². The van der Waals surface area contributed by atoms with Gasteiger partial charge in [0.25, 0.3) is 0 Å². The molecule has 0 heterocycles. The van der Waals surface area contributed by atoms with Crippen molar-refractivity contribution >= 4 is 5.91 Å². The summed E-state index contributed by atoms with van der Waals surface area (Å²) in [6.45, 7) is 0.498. The zero-order valence-electron chi connectivity index (χ0n) is 7.42. The van der Waals surface area contributed by atoms with Gasteiger partial charge in [0.15, 0.2) is 0 Å². The zero-order valence-corrected chi connectivity index (χ0v) is 7.42. The molecule has 0 rings (SSSR count). The lowest BCUT2D eigenvalue weighted by atomic mass is 10.5. The van der Waals surface area contributed by atoms with Gasteiger partial charge in [0.05, 0.1) is 13.1 Å². The Kier molecular flexibility index (Phi) is 6.07. The van der Waals surface area contributed by atoms with Crippen molar-refractivity contribution in [1.29, 1.82) is 0 Å². The second-order valence-corrected chi connectivity index (χ2v) is 2.53. The Hall–Kier alpha value is -1.05. The lowest BCUT2D eigenvalue weighted by molar-refractivity contribution is -0.123. The molecule has 0 aliphatic heterocycles. The number of hydrogen-bond donors (Lipinski definition) is 2. The van der Waals surface area contributed by atoms with Gasteiger partial charge in [-0.25, -0.2) is 0 Å². The Morgan fingerprint density at radius 1 is 1.50 bits per heavy atom. The molecule has 0 aromatic carbocycles. The molecule has 12 heavy (non-hydrogen) atoms. The van der Waals surface area contributed by atoms with Crippen LogP contribution in [0.4, 0.5) is 0 Å². The van der Waals surface area contributed by atoms with Gasteiger partial charge in [0.2, 0.25) is 5.91 Å². The number of nitrogens with one attached hydrogen (secondary N) is 1. The first kappa shape index (κ1) is 11.0.